The molecule has 0 atom stereocenters. The number of hydrogen-bond donors (Lipinski definition) is 3. The van der Waals surface area contributed by atoms with E-state index in [0.717, 1.165) is 6.26 Å². The van der Waals surface area contributed by atoms with Crippen LogP contribution in [0, 0.1) is 0 Å². The van der Waals surface area contributed by atoms with E-state index in [-0.39, 0.29) is 19.0 Å². The molecule has 0 spiro atoms. The van der Waals surface area contributed by atoms with Gasteiger partial charge in [-0.2, -0.15) is 0 Å². The Balaban J connectivity index is 2.54. The monoisotopic (exact) mass is 287 g/mol. The van der Waals surface area contributed by atoms with Gasteiger partial charge in [-0.15, -0.1) is 0 Å². The summed E-state index contributed by atoms with van der Waals surface area (Å²) >= 11 is 0. The predicted molar refractivity (Wildman–Crippen MR) is 72.6 cm³/mol. The summed E-state index contributed by atoms with van der Waals surface area (Å²) in [6, 6.07) is 4.72. The molecule has 0 aliphatic carbocycles. The van der Waals surface area contributed by atoms with Gasteiger partial charge in [0, 0.05) is 24.8 Å². The van der Waals surface area contributed by atoms with Crippen LogP contribution in [0.5, 0.6) is 5.75 Å². The molecule has 8 heteroatoms. The van der Waals surface area contributed by atoms with E-state index in [2.05, 4.69) is 10.0 Å². The first-order valence-electron chi connectivity index (χ1n) is 5.50. The van der Waals surface area contributed by atoms with E-state index in [4.69, 9.17) is 10.5 Å². The molecule has 4 N–H and O–H groups in total. The normalized spacial score (nSPS) is 11.1. The molecule has 0 aliphatic rings. The lowest BCUT2D eigenvalue weighted by molar-refractivity contribution is 0.0955. The highest BCUT2D eigenvalue weighted by molar-refractivity contribution is 7.88. The number of amides is 1. The zero-order valence-electron chi connectivity index (χ0n) is 10.8. The third kappa shape index (κ3) is 5.14. The lowest BCUT2D eigenvalue weighted by Crippen LogP contribution is -2.34. The minimum atomic E-state index is -3.25. The van der Waals surface area contributed by atoms with E-state index in [1.54, 1.807) is 18.2 Å². The number of sulfonamides is 1. The van der Waals surface area contributed by atoms with Crippen molar-refractivity contribution in [1.29, 1.82) is 0 Å². The number of benzene rings is 1. The molecule has 1 rings (SSSR count). The first-order chi connectivity index (χ1) is 8.83. The van der Waals surface area contributed by atoms with Gasteiger partial charge in [-0.25, -0.2) is 13.1 Å². The highest BCUT2D eigenvalue weighted by Gasteiger charge is 2.10. The van der Waals surface area contributed by atoms with Crippen molar-refractivity contribution < 1.29 is 17.9 Å². The van der Waals surface area contributed by atoms with Gasteiger partial charge >= 0.3 is 0 Å². The summed E-state index contributed by atoms with van der Waals surface area (Å²) in [5, 5.41) is 2.56. The molecule has 0 radical (unpaired) electrons. The van der Waals surface area contributed by atoms with Crippen molar-refractivity contribution in [1.82, 2.24) is 10.0 Å². The number of ether oxygens (including phenoxy) is 1. The SMILES string of the molecule is COc1ccc(C(=O)NCCNS(C)(=O)=O)c(N)c1. The van der Waals surface area contributed by atoms with Crippen molar-refractivity contribution in [2.45, 2.75) is 0 Å². The fourth-order valence-corrected chi connectivity index (χ4v) is 1.86. The van der Waals surface area contributed by atoms with Crippen LogP contribution in [-0.2, 0) is 10.0 Å². The van der Waals surface area contributed by atoms with Gasteiger partial charge in [-0.05, 0) is 12.1 Å². The maximum Gasteiger partial charge on any atom is 0.253 e. The number of nitrogens with two attached hydrogens (primary N) is 1. The fourth-order valence-electron chi connectivity index (χ4n) is 1.38. The number of carbonyl (C=O) groups is 1. The van der Waals surface area contributed by atoms with Crippen LogP contribution in [0.25, 0.3) is 0 Å². The minimum absolute atomic E-state index is 0.126. The average Bonchev–Trinajstić information content (AvgIpc) is 2.33. The minimum Gasteiger partial charge on any atom is -0.497 e. The summed E-state index contributed by atoms with van der Waals surface area (Å²) in [4.78, 5) is 11.8. The van der Waals surface area contributed by atoms with Gasteiger partial charge in [0.25, 0.3) is 5.91 Å². The number of rotatable bonds is 6. The number of nitrogens with one attached hydrogen (secondary N) is 2. The smallest absolute Gasteiger partial charge is 0.253 e. The van der Waals surface area contributed by atoms with Gasteiger partial charge < -0.3 is 15.8 Å². The predicted octanol–water partition coefficient (Wildman–Crippen LogP) is -0.444. The van der Waals surface area contributed by atoms with Crippen molar-refractivity contribution in [3.63, 3.8) is 0 Å². The van der Waals surface area contributed by atoms with Crippen molar-refractivity contribution in [2.75, 3.05) is 32.2 Å². The van der Waals surface area contributed by atoms with Crippen LogP contribution in [0.4, 0.5) is 5.69 Å². The lowest BCUT2D eigenvalue weighted by Gasteiger charge is -2.09. The quantitative estimate of drug-likeness (QED) is 0.485. The summed E-state index contributed by atoms with van der Waals surface area (Å²) < 4.78 is 28.9. The van der Waals surface area contributed by atoms with Gasteiger partial charge in [0.2, 0.25) is 10.0 Å². The van der Waals surface area contributed by atoms with Crippen LogP contribution in [-0.4, -0.2) is 40.8 Å². The van der Waals surface area contributed by atoms with Crippen molar-refractivity contribution >= 4 is 21.6 Å². The Morgan fingerprint density at radius 1 is 1.37 bits per heavy atom. The van der Waals surface area contributed by atoms with Crippen molar-refractivity contribution in [3.05, 3.63) is 23.8 Å². The molecule has 1 aromatic rings. The standard InChI is InChI=1S/C11H17N3O4S/c1-18-8-3-4-9(10(12)7-8)11(15)13-5-6-14-19(2,16)17/h3-4,7,14H,5-6,12H2,1-2H3,(H,13,15). The highest BCUT2D eigenvalue weighted by atomic mass is 32.2. The largest absolute Gasteiger partial charge is 0.497 e. The van der Waals surface area contributed by atoms with Crippen LogP contribution in [0.15, 0.2) is 18.2 Å². The Labute approximate surface area is 112 Å². The summed E-state index contributed by atoms with van der Waals surface area (Å²) in [5.41, 5.74) is 6.34. The number of carbonyl (C=O) groups excluding carboxylic acids is 1. The Bertz CT molecular complexity index is 557. The maximum atomic E-state index is 11.8. The molecule has 0 heterocycles. The number of methoxy groups -OCH3 is 1. The van der Waals surface area contributed by atoms with Gasteiger partial charge in [0.1, 0.15) is 5.75 Å². The Kier molecular flexibility index (Phi) is 5.13. The zero-order valence-corrected chi connectivity index (χ0v) is 11.6. The van der Waals surface area contributed by atoms with Crippen LogP contribution in [0.3, 0.4) is 0 Å². The van der Waals surface area contributed by atoms with Crippen LogP contribution in [0.2, 0.25) is 0 Å². The molecule has 0 aliphatic heterocycles. The molecule has 0 saturated heterocycles. The van der Waals surface area contributed by atoms with Gasteiger partial charge in [0.05, 0.1) is 18.9 Å². The lowest BCUT2D eigenvalue weighted by atomic mass is 10.1. The third-order valence-electron chi connectivity index (χ3n) is 2.28. The molecule has 7 nitrogen and oxygen atoms in total. The van der Waals surface area contributed by atoms with E-state index in [9.17, 15) is 13.2 Å². The van der Waals surface area contributed by atoms with E-state index in [1.807, 2.05) is 0 Å². The molecule has 0 bridgehead atoms. The summed E-state index contributed by atoms with van der Waals surface area (Å²) in [5.74, 6) is 0.197. The Hall–Kier alpha value is -1.80. The average molecular weight is 287 g/mol. The number of nitrogen functional groups attached to an aromatic ring is 1. The molecule has 1 aromatic carbocycles. The molecule has 0 unspecified atom stereocenters. The summed E-state index contributed by atoms with van der Waals surface area (Å²) in [6.07, 6.45) is 1.05. The van der Waals surface area contributed by atoms with Gasteiger partial charge in [-0.1, -0.05) is 0 Å². The molecular formula is C11H17N3O4S. The Morgan fingerprint density at radius 2 is 2.05 bits per heavy atom. The first kappa shape index (κ1) is 15.3. The number of anilines is 1. The van der Waals surface area contributed by atoms with Crippen molar-refractivity contribution in [2.24, 2.45) is 0 Å². The molecule has 0 fully saturated rings. The second-order valence-corrected chi connectivity index (χ2v) is 5.71. The van der Waals surface area contributed by atoms with Gasteiger partial charge in [0.15, 0.2) is 0 Å². The van der Waals surface area contributed by atoms with E-state index in [1.165, 1.54) is 7.11 Å². The second kappa shape index (κ2) is 6.39. The molecular weight excluding hydrogens is 270 g/mol. The highest BCUT2D eigenvalue weighted by Crippen LogP contribution is 2.19. The topological polar surface area (TPSA) is 111 Å². The van der Waals surface area contributed by atoms with Crippen molar-refractivity contribution in [3.8, 4) is 5.75 Å². The van der Waals surface area contributed by atoms with E-state index in [0.29, 0.717) is 17.0 Å². The van der Waals surface area contributed by atoms with Crippen LogP contribution >= 0.6 is 0 Å². The summed E-state index contributed by atoms with van der Waals surface area (Å²) in [6.45, 7) is 0.304. The van der Waals surface area contributed by atoms with Crippen LogP contribution < -0.4 is 20.5 Å². The molecule has 0 aromatic heterocycles. The first-order valence-corrected chi connectivity index (χ1v) is 7.39. The Morgan fingerprint density at radius 3 is 2.58 bits per heavy atom. The van der Waals surface area contributed by atoms with Crippen LogP contribution in [0.1, 0.15) is 10.4 Å². The fraction of sp³-hybridized carbons (Fsp3) is 0.364. The van der Waals surface area contributed by atoms with E-state index < -0.39 is 10.0 Å². The maximum absolute atomic E-state index is 11.8. The molecule has 1 amide bonds. The van der Waals surface area contributed by atoms with E-state index >= 15 is 0 Å². The second-order valence-electron chi connectivity index (χ2n) is 3.88. The summed E-state index contributed by atoms with van der Waals surface area (Å²) in [7, 11) is -1.74. The third-order valence-corrected chi connectivity index (χ3v) is 3.01. The van der Waals surface area contributed by atoms with Gasteiger partial charge in [-0.3, -0.25) is 4.79 Å². The molecule has 19 heavy (non-hydrogen) atoms. The molecule has 0 saturated carbocycles. The zero-order chi connectivity index (χ0) is 14.5. The number of hydrogen-bond acceptors (Lipinski definition) is 5. The molecule has 106 valence electrons.